The van der Waals surface area contributed by atoms with Crippen LogP contribution in [0.2, 0.25) is 0 Å². The molecule has 0 saturated heterocycles. The quantitative estimate of drug-likeness (QED) is 0.482. The molecule has 0 aromatic heterocycles. The van der Waals surface area contributed by atoms with Gasteiger partial charge >= 0.3 is 0 Å². The molecule has 3 atom stereocenters. The summed E-state index contributed by atoms with van der Waals surface area (Å²) in [6, 6.07) is 0. The molecule has 0 aromatic carbocycles. The first-order valence-corrected chi connectivity index (χ1v) is 4.62. The second-order valence-electron chi connectivity index (χ2n) is 4.95. The molecular weight excluding hydrogens is 120 g/mol. The second kappa shape index (κ2) is 1.78. The van der Waals surface area contributed by atoms with Crippen LogP contribution >= 0.6 is 0 Å². The number of rotatable bonds is 0. The predicted molar refractivity (Wildman–Crippen MR) is 43.8 cm³/mol. The highest BCUT2D eigenvalue weighted by molar-refractivity contribution is 5.07. The highest BCUT2D eigenvalue weighted by Crippen LogP contribution is 2.65. The zero-order valence-corrected chi connectivity index (χ0v) is 7.35. The maximum Gasteiger partial charge on any atom is -0.0292 e. The Morgan fingerprint density at radius 1 is 1.10 bits per heavy atom. The molecule has 0 N–H and O–H groups in total. The molecule has 0 bridgehead atoms. The van der Waals surface area contributed by atoms with Crippen molar-refractivity contribution in [2.45, 2.75) is 40.0 Å². The van der Waals surface area contributed by atoms with Crippen LogP contribution in [0, 0.1) is 23.2 Å². The minimum absolute atomic E-state index is 0.727. The molecule has 2 saturated carbocycles. The van der Waals surface area contributed by atoms with E-state index >= 15 is 0 Å². The molecule has 0 aliphatic heterocycles. The Morgan fingerprint density at radius 3 is 2.30 bits per heavy atom. The maximum absolute atomic E-state index is 2.44. The summed E-state index contributed by atoms with van der Waals surface area (Å²) in [6.45, 7) is 7.30. The monoisotopic (exact) mass is 138 g/mol. The molecule has 0 amide bonds. The first kappa shape index (κ1) is 6.69. The topological polar surface area (TPSA) is 0 Å². The molecule has 0 heteroatoms. The Balaban J connectivity index is 2.04. The van der Waals surface area contributed by atoms with E-state index < -0.39 is 0 Å². The van der Waals surface area contributed by atoms with Crippen molar-refractivity contribution in [1.82, 2.24) is 0 Å². The van der Waals surface area contributed by atoms with Crippen LogP contribution in [0.25, 0.3) is 0 Å². The van der Waals surface area contributed by atoms with Crippen LogP contribution in [0.4, 0.5) is 0 Å². The molecule has 58 valence electrons. The number of hydrogen-bond donors (Lipinski definition) is 0. The molecule has 10 heavy (non-hydrogen) atoms. The van der Waals surface area contributed by atoms with E-state index in [9.17, 15) is 0 Å². The Bertz CT molecular complexity index is 146. The molecule has 2 fully saturated rings. The van der Waals surface area contributed by atoms with Gasteiger partial charge in [-0.2, -0.15) is 0 Å². The summed E-state index contributed by atoms with van der Waals surface area (Å²) in [5.41, 5.74) is 0.727. The van der Waals surface area contributed by atoms with Crippen molar-refractivity contribution >= 4 is 0 Å². The summed E-state index contributed by atoms with van der Waals surface area (Å²) in [4.78, 5) is 0. The average molecular weight is 138 g/mol. The molecule has 0 unspecified atom stereocenters. The fourth-order valence-electron chi connectivity index (χ4n) is 2.91. The molecule has 2 aliphatic carbocycles. The summed E-state index contributed by atoms with van der Waals surface area (Å²) >= 11 is 0. The van der Waals surface area contributed by atoms with Gasteiger partial charge in [0.1, 0.15) is 0 Å². The summed E-state index contributed by atoms with van der Waals surface area (Å²) < 4.78 is 0. The van der Waals surface area contributed by atoms with Gasteiger partial charge in [0.15, 0.2) is 0 Å². The van der Waals surface area contributed by atoms with Crippen molar-refractivity contribution in [2.24, 2.45) is 23.2 Å². The van der Waals surface area contributed by atoms with Crippen molar-refractivity contribution in [3.63, 3.8) is 0 Å². The van der Waals surface area contributed by atoms with Gasteiger partial charge in [-0.25, -0.2) is 0 Å². The van der Waals surface area contributed by atoms with Gasteiger partial charge in [-0.3, -0.25) is 0 Å². The fraction of sp³-hybridized carbons (Fsp3) is 1.00. The van der Waals surface area contributed by atoms with Crippen molar-refractivity contribution in [1.29, 1.82) is 0 Å². The highest BCUT2D eigenvalue weighted by Gasteiger charge is 2.58. The van der Waals surface area contributed by atoms with Gasteiger partial charge in [0.25, 0.3) is 0 Å². The van der Waals surface area contributed by atoms with Crippen LogP contribution in [0.15, 0.2) is 0 Å². The normalized spacial score (nSPS) is 50.1. The molecule has 2 rings (SSSR count). The third kappa shape index (κ3) is 0.741. The Kier molecular flexibility index (Phi) is 1.19. The van der Waals surface area contributed by atoms with Gasteiger partial charge in [-0.05, 0) is 36.0 Å². The van der Waals surface area contributed by atoms with Crippen LogP contribution in [-0.2, 0) is 0 Å². The van der Waals surface area contributed by atoms with Crippen LogP contribution in [-0.4, -0.2) is 0 Å². The number of fused-ring (bicyclic) bond motifs is 1. The van der Waals surface area contributed by atoms with Gasteiger partial charge < -0.3 is 0 Å². The third-order valence-corrected chi connectivity index (χ3v) is 3.91. The standard InChI is InChI=1S/C10H18/c1-7-4-5-8-9(6-7)10(8,2)3/h7-9H,4-6H2,1-3H3/t7-,8+,9+/m1/s1. The third-order valence-electron chi connectivity index (χ3n) is 3.91. The lowest BCUT2D eigenvalue weighted by Crippen LogP contribution is -2.03. The summed E-state index contributed by atoms with van der Waals surface area (Å²) in [5, 5.41) is 0. The van der Waals surface area contributed by atoms with E-state index in [0.717, 1.165) is 23.2 Å². The van der Waals surface area contributed by atoms with Gasteiger partial charge in [0.05, 0.1) is 0 Å². The SMILES string of the molecule is C[C@@H]1CC[C@H]2[C@H](C1)C2(C)C. The molecule has 0 radical (unpaired) electrons. The van der Waals surface area contributed by atoms with Crippen molar-refractivity contribution in [3.05, 3.63) is 0 Å². The average Bonchev–Trinajstić information content (AvgIpc) is 2.36. The van der Waals surface area contributed by atoms with E-state index in [2.05, 4.69) is 20.8 Å². The van der Waals surface area contributed by atoms with Crippen LogP contribution in [0.1, 0.15) is 40.0 Å². The van der Waals surface area contributed by atoms with Crippen LogP contribution < -0.4 is 0 Å². The van der Waals surface area contributed by atoms with Gasteiger partial charge in [-0.15, -0.1) is 0 Å². The first-order valence-electron chi connectivity index (χ1n) is 4.62. The minimum atomic E-state index is 0.727. The largest absolute Gasteiger partial charge is 0.0625 e. The van der Waals surface area contributed by atoms with Gasteiger partial charge in [0.2, 0.25) is 0 Å². The zero-order valence-electron chi connectivity index (χ0n) is 7.35. The Labute approximate surface area is 64.0 Å². The van der Waals surface area contributed by atoms with Crippen molar-refractivity contribution < 1.29 is 0 Å². The summed E-state index contributed by atoms with van der Waals surface area (Å²) in [5.74, 6) is 3.21. The van der Waals surface area contributed by atoms with E-state index in [4.69, 9.17) is 0 Å². The lowest BCUT2D eigenvalue weighted by molar-refractivity contribution is 0.367. The van der Waals surface area contributed by atoms with Crippen molar-refractivity contribution in [3.8, 4) is 0 Å². The molecule has 0 spiro atoms. The van der Waals surface area contributed by atoms with Gasteiger partial charge in [-0.1, -0.05) is 27.2 Å². The Hall–Kier alpha value is 0. The summed E-state index contributed by atoms with van der Waals surface area (Å²) in [7, 11) is 0. The maximum atomic E-state index is 2.44. The predicted octanol–water partition coefficient (Wildman–Crippen LogP) is 3.08. The number of hydrogen-bond acceptors (Lipinski definition) is 0. The molecule has 0 heterocycles. The van der Waals surface area contributed by atoms with E-state index in [1.165, 1.54) is 19.3 Å². The lowest BCUT2D eigenvalue weighted by Gasteiger charge is -2.15. The smallest absolute Gasteiger partial charge is 0.0292 e. The second-order valence-corrected chi connectivity index (χ2v) is 4.95. The zero-order chi connectivity index (χ0) is 7.35. The van der Waals surface area contributed by atoms with E-state index in [-0.39, 0.29) is 0 Å². The molecule has 0 nitrogen and oxygen atoms in total. The molecular formula is C10H18. The van der Waals surface area contributed by atoms with Crippen LogP contribution in [0.3, 0.4) is 0 Å². The van der Waals surface area contributed by atoms with E-state index in [1.807, 2.05) is 0 Å². The summed E-state index contributed by atoms with van der Waals surface area (Å²) in [6.07, 6.45) is 4.51. The van der Waals surface area contributed by atoms with Crippen LogP contribution in [0.5, 0.6) is 0 Å². The first-order chi connectivity index (χ1) is 4.62. The van der Waals surface area contributed by atoms with Gasteiger partial charge in [0, 0.05) is 0 Å². The molecule has 0 aromatic rings. The lowest BCUT2D eigenvalue weighted by atomic mass is 9.91. The van der Waals surface area contributed by atoms with E-state index in [0.29, 0.717) is 0 Å². The van der Waals surface area contributed by atoms with Crippen molar-refractivity contribution in [2.75, 3.05) is 0 Å². The fourth-order valence-corrected chi connectivity index (χ4v) is 2.91. The Morgan fingerprint density at radius 2 is 1.80 bits per heavy atom. The van der Waals surface area contributed by atoms with E-state index in [1.54, 1.807) is 0 Å². The minimum Gasteiger partial charge on any atom is -0.0625 e. The highest BCUT2D eigenvalue weighted by atomic mass is 14.6. The molecule has 2 aliphatic rings.